The fourth-order valence-electron chi connectivity index (χ4n) is 3.94. The van der Waals surface area contributed by atoms with Gasteiger partial charge in [-0.1, -0.05) is 19.3 Å². The summed E-state index contributed by atoms with van der Waals surface area (Å²) in [5.74, 6) is 0.661. The topological polar surface area (TPSA) is 50.2 Å². The minimum absolute atomic E-state index is 0.0346. The van der Waals surface area contributed by atoms with E-state index in [4.69, 9.17) is 0 Å². The molecule has 1 aliphatic heterocycles. The highest BCUT2D eigenvalue weighted by molar-refractivity contribution is 5.78. The molecule has 1 saturated carbocycles. The zero-order valence-electron chi connectivity index (χ0n) is 15.0. The number of piperidine rings is 1. The lowest BCUT2D eigenvalue weighted by Crippen LogP contribution is -2.43. The van der Waals surface area contributed by atoms with Crippen LogP contribution < -0.4 is 5.32 Å². The molecule has 8 heteroatoms. The molecule has 0 spiro atoms. The van der Waals surface area contributed by atoms with Gasteiger partial charge in [0.25, 0.3) is 0 Å². The lowest BCUT2D eigenvalue weighted by Gasteiger charge is -2.31. The molecule has 0 atom stereocenters. The van der Waals surface area contributed by atoms with E-state index in [1.807, 2.05) is 0 Å². The first-order chi connectivity index (χ1) is 12.4. The van der Waals surface area contributed by atoms with Gasteiger partial charge in [-0.05, 0) is 37.7 Å². The van der Waals surface area contributed by atoms with Gasteiger partial charge in [-0.3, -0.25) is 14.4 Å². The molecular weight excluding hydrogens is 345 g/mol. The molecule has 5 nitrogen and oxygen atoms in total. The Hall–Kier alpha value is -1.57. The number of nitrogens with one attached hydrogen (secondary N) is 1. The fraction of sp³-hybridized carbons (Fsp3) is 0.778. The summed E-state index contributed by atoms with van der Waals surface area (Å²) < 4.78 is 39.4. The van der Waals surface area contributed by atoms with Crippen LogP contribution in [0, 0.1) is 5.92 Å². The van der Waals surface area contributed by atoms with Crippen molar-refractivity contribution < 1.29 is 18.0 Å². The van der Waals surface area contributed by atoms with E-state index in [0.29, 0.717) is 38.4 Å². The molecule has 0 bridgehead atoms. The predicted octanol–water partition coefficient (Wildman–Crippen LogP) is 3.24. The second-order valence-electron chi connectivity index (χ2n) is 7.49. The summed E-state index contributed by atoms with van der Waals surface area (Å²) in [6.07, 6.45) is 4.65. The number of rotatable bonds is 5. The molecule has 146 valence electrons. The van der Waals surface area contributed by atoms with Gasteiger partial charge in [0.2, 0.25) is 5.91 Å². The maximum absolute atomic E-state index is 12.7. The van der Waals surface area contributed by atoms with Crippen LogP contribution in [0.4, 0.5) is 13.2 Å². The molecule has 3 rings (SSSR count). The highest BCUT2D eigenvalue weighted by Crippen LogP contribution is 2.29. The maximum Gasteiger partial charge on any atom is 0.435 e. The van der Waals surface area contributed by atoms with E-state index in [-0.39, 0.29) is 11.9 Å². The average Bonchev–Trinajstić information content (AvgIpc) is 3.12. The molecule has 1 N–H and O–H groups in total. The van der Waals surface area contributed by atoms with Crippen molar-refractivity contribution in [1.29, 1.82) is 0 Å². The quantitative estimate of drug-likeness (QED) is 0.863. The zero-order chi connectivity index (χ0) is 18.6. The SMILES string of the molecule is O=C(CN1CCC(n2ccc(C(F)(F)F)n2)CC1)NCC1CCCCC1. The van der Waals surface area contributed by atoms with Crippen LogP contribution in [0.2, 0.25) is 0 Å². The van der Waals surface area contributed by atoms with Crippen LogP contribution in [0.5, 0.6) is 0 Å². The number of aromatic nitrogens is 2. The summed E-state index contributed by atoms with van der Waals surface area (Å²) in [5.41, 5.74) is -0.845. The van der Waals surface area contributed by atoms with Crippen molar-refractivity contribution in [3.8, 4) is 0 Å². The number of nitrogens with zero attached hydrogens (tertiary/aromatic N) is 3. The molecule has 2 heterocycles. The van der Waals surface area contributed by atoms with Crippen molar-refractivity contribution in [2.75, 3.05) is 26.2 Å². The van der Waals surface area contributed by atoms with Gasteiger partial charge in [0.1, 0.15) is 0 Å². The normalized spacial score (nSPS) is 21.0. The molecule has 0 aromatic carbocycles. The first kappa shape index (κ1) is 19.2. The second-order valence-corrected chi connectivity index (χ2v) is 7.49. The molecular formula is C18H27F3N4O. The minimum atomic E-state index is -4.40. The third-order valence-electron chi connectivity index (χ3n) is 5.51. The Morgan fingerprint density at radius 3 is 2.46 bits per heavy atom. The van der Waals surface area contributed by atoms with E-state index in [1.54, 1.807) is 0 Å². The van der Waals surface area contributed by atoms with Crippen molar-refractivity contribution in [3.63, 3.8) is 0 Å². The van der Waals surface area contributed by atoms with Crippen molar-refractivity contribution in [2.45, 2.75) is 57.2 Å². The first-order valence-corrected chi connectivity index (χ1v) is 9.53. The highest BCUT2D eigenvalue weighted by atomic mass is 19.4. The van der Waals surface area contributed by atoms with Crippen LogP contribution in [-0.2, 0) is 11.0 Å². The Morgan fingerprint density at radius 1 is 1.15 bits per heavy atom. The van der Waals surface area contributed by atoms with Crippen LogP contribution in [0.1, 0.15) is 56.7 Å². The number of hydrogen-bond donors (Lipinski definition) is 1. The van der Waals surface area contributed by atoms with E-state index in [2.05, 4.69) is 15.3 Å². The number of carbonyl (C=O) groups excluding carboxylic acids is 1. The average molecular weight is 372 g/mol. The van der Waals surface area contributed by atoms with Gasteiger partial charge in [0, 0.05) is 25.8 Å². The van der Waals surface area contributed by atoms with Crippen LogP contribution in [-0.4, -0.2) is 46.8 Å². The van der Waals surface area contributed by atoms with Gasteiger partial charge < -0.3 is 5.32 Å². The highest BCUT2D eigenvalue weighted by Gasteiger charge is 2.34. The van der Waals surface area contributed by atoms with Crippen LogP contribution >= 0.6 is 0 Å². The lowest BCUT2D eigenvalue weighted by molar-refractivity contribution is -0.141. The molecule has 1 aromatic heterocycles. The minimum Gasteiger partial charge on any atom is -0.355 e. The summed E-state index contributed by atoms with van der Waals surface area (Å²) >= 11 is 0. The number of alkyl halides is 3. The Bertz CT molecular complexity index is 588. The molecule has 1 aliphatic carbocycles. The molecule has 0 unspecified atom stereocenters. The van der Waals surface area contributed by atoms with Crippen molar-refractivity contribution in [3.05, 3.63) is 18.0 Å². The van der Waals surface area contributed by atoms with Gasteiger partial charge in [-0.15, -0.1) is 0 Å². The third kappa shape index (κ3) is 5.22. The Labute approximate surface area is 151 Å². The van der Waals surface area contributed by atoms with Crippen LogP contribution in [0.15, 0.2) is 12.3 Å². The van der Waals surface area contributed by atoms with Gasteiger partial charge in [-0.2, -0.15) is 18.3 Å². The van der Waals surface area contributed by atoms with E-state index >= 15 is 0 Å². The van der Waals surface area contributed by atoms with Gasteiger partial charge in [0.15, 0.2) is 5.69 Å². The molecule has 2 aliphatic rings. The first-order valence-electron chi connectivity index (χ1n) is 9.53. The maximum atomic E-state index is 12.7. The Balaban J connectivity index is 1.39. The number of carbonyl (C=O) groups is 1. The Morgan fingerprint density at radius 2 is 1.85 bits per heavy atom. The van der Waals surface area contributed by atoms with Crippen molar-refractivity contribution in [2.24, 2.45) is 5.92 Å². The molecule has 2 fully saturated rings. The van der Waals surface area contributed by atoms with Gasteiger partial charge in [-0.25, -0.2) is 0 Å². The molecule has 1 saturated heterocycles. The Kier molecular flexibility index (Phi) is 6.21. The molecule has 0 radical (unpaired) electrons. The summed E-state index contributed by atoms with van der Waals surface area (Å²) in [6, 6.07) is 0.984. The number of amides is 1. The molecule has 1 aromatic rings. The number of halogens is 3. The summed E-state index contributed by atoms with van der Waals surface area (Å²) in [6.45, 7) is 2.53. The van der Waals surface area contributed by atoms with E-state index in [1.165, 1.54) is 43.0 Å². The van der Waals surface area contributed by atoms with Gasteiger partial charge in [0.05, 0.1) is 12.6 Å². The monoisotopic (exact) mass is 372 g/mol. The number of likely N-dealkylation sites (tertiary alicyclic amines) is 1. The second kappa shape index (κ2) is 8.41. The van der Waals surface area contributed by atoms with E-state index in [0.717, 1.165) is 12.6 Å². The summed E-state index contributed by atoms with van der Waals surface area (Å²) in [7, 11) is 0. The van der Waals surface area contributed by atoms with E-state index in [9.17, 15) is 18.0 Å². The largest absolute Gasteiger partial charge is 0.435 e. The lowest BCUT2D eigenvalue weighted by atomic mass is 9.89. The summed E-state index contributed by atoms with van der Waals surface area (Å²) in [4.78, 5) is 14.2. The van der Waals surface area contributed by atoms with Crippen molar-refractivity contribution >= 4 is 5.91 Å². The summed E-state index contributed by atoms with van der Waals surface area (Å²) in [5, 5.41) is 6.71. The molecule has 1 amide bonds. The van der Waals surface area contributed by atoms with Crippen LogP contribution in [0.25, 0.3) is 0 Å². The van der Waals surface area contributed by atoms with E-state index < -0.39 is 11.9 Å². The van der Waals surface area contributed by atoms with Gasteiger partial charge >= 0.3 is 6.18 Å². The predicted molar refractivity (Wildman–Crippen MR) is 91.5 cm³/mol. The van der Waals surface area contributed by atoms with Crippen LogP contribution in [0.3, 0.4) is 0 Å². The standard InChI is InChI=1S/C18H27F3N4O/c19-18(20,21)16-8-11-25(23-16)15-6-9-24(10-7-15)13-17(26)22-12-14-4-2-1-3-5-14/h8,11,14-15H,1-7,9-10,12-13H2,(H,22,26). The fourth-order valence-corrected chi connectivity index (χ4v) is 3.94. The molecule has 26 heavy (non-hydrogen) atoms. The van der Waals surface area contributed by atoms with Crippen molar-refractivity contribution in [1.82, 2.24) is 20.0 Å². The third-order valence-corrected chi connectivity index (χ3v) is 5.51. The zero-order valence-corrected chi connectivity index (χ0v) is 15.0. The number of hydrogen-bond acceptors (Lipinski definition) is 3. The smallest absolute Gasteiger partial charge is 0.355 e.